The number of carbonyl (C=O) groups is 2. The number of hydrogen-bond acceptors (Lipinski definition) is 10. The predicted molar refractivity (Wildman–Crippen MR) is 366 cm³/mol. The summed E-state index contributed by atoms with van der Waals surface area (Å²) in [5.74, 6) is -1.18. The Bertz CT molecular complexity index is 1560. The Kier molecular flexibility index (Phi) is 61.0. The van der Waals surface area contributed by atoms with Crippen molar-refractivity contribution in [3.05, 3.63) is 36.5 Å². The largest absolute Gasteiger partial charge is 0.454 e. The molecule has 1 rings (SSSR count). The monoisotopic (exact) mass is 1230 g/mol. The topological polar surface area (TPSA) is 175 Å². The van der Waals surface area contributed by atoms with Gasteiger partial charge in [-0.25, -0.2) is 0 Å². The molecule has 0 aromatic rings. The fraction of sp³-hybridized carbons (Fsp3) is 0.895. The van der Waals surface area contributed by atoms with Gasteiger partial charge in [-0.3, -0.25) is 9.59 Å². The van der Waals surface area contributed by atoms with Crippen molar-refractivity contribution in [3.63, 3.8) is 0 Å². The summed E-state index contributed by atoms with van der Waals surface area (Å²) >= 11 is 0. The van der Waals surface area contributed by atoms with Crippen molar-refractivity contribution in [1.29, 1.82) is 0 Å². The van der Waals surface area contributed by atoms with Crippen molar-refractivity contribution in [1.82, 2.24) is 5.32 Å². The number of amides is 1. The van der Waals surface area contributed by atoms with E-state index in [0.717, 1.165) is 57.8 Å². The number of hydrogen-bond donors (Lipinski definition) is 6. The molecule has 1 aliphatic rings. The van der Waals surface area contributed by atoms with E-state index in [4.69, 9.17) is 14.2 Å². The minimum Gasteiger partial charge on any atom is -0.454 e. The maximum Gasteiger partial charge on any atom is 0.306 e. The van der Waals surface area contributed by atoms with Crippen LogP contribution < -0.4 is 5.32 Å². The zero-order valence-corrected chi connectivity index (χ0v) is 57.2. The van der Waals surface area contributed by atoms with E-state index in [1.807, 2.05) is 6.08 Å². The SMILES string of the molecule is CCCCCCCC/C=C/CCCCCCCCCCCCCCCCCCC(O)C(=O)NC(COC1OC(CO)C(O)C(O)C1OC(=O)CCCCCCCCCCC/C=C/CCCCCCCC)C(O)/C=C/CCCCCCCCCCCCC. The first-order valence-corrected chi connectivity index (χ1v) is 37.8. The lowest BCUT2D eigenvalue weighted by atomic mass is 9.99. The highest BCUT2D eigenvalue weighted by molar-refractivity contribution is 5.80. The number of carbonyl (C=O) groups excluding carboxylic acids is 2. The molecule has 0 bridgehead atoms. The maximum absolute atomic E-state index is 13.5. The van der Waals surface area contributed by atoms with Gasteiger partial charge in [-0.05, 0) is 77.0 Å². The first-order valence-electron chi connectivity index (χ1n) is 37.8. The van der Waals surface area contributed by atoms with Crippen molar-refractivity contribution in [2.45, 2.75) is 423 Å². The number of unbranched alkanes of at least 4 members (excludes halogenated alkanes) is 48. The Hall–Kier alpha value is -2.12. The normalized spacial score (nSPS) is 18.4. The van der Waals surface area contributed by atoms with E-state index in [-0.39, 0.29) is 13.0 Å². The molecule has 1 aliphatic heterocycles. The fourth-order valence-corrected chi connectivity index (χ4v) is 12.1. The molecule has 0 aromatic carbocycles. The van der Waals surface area contributed by atoms with Crippen molar-refractivity contribution >= 4 is 11.9 Å². The molecular weight excluding hydrogens is 1090 g/mol. The Morgan fingerprint density at radius 3 is 1.11 bits per heavy atom. The molecule has 1 amide bonds. The van der Waals surface area contributed by atoms with Crippen LogP contribution in [0.3, 0.4) is 0 Å². The summed E-state index contributed by atoms with van der Waals surface area (Å²) in [5, 5.41) is 57.3. The first-order chi connectivity index (χ1) is 42.7. The van der Waals surface area contributed by atoms with Crippen LogP contribution in [0.2, 0.25) is 0 Å². The van der Waals surface area contributed by atoms with Crippen LogP contribution in [0.4, 0.5) is 0 Å². The van der Waals surface area contributed by atoms with Crippen LogP contribution in [0.25, 0.3) is 0 Å². The zero-order chi connectivity index (χ0) is 63.1. The van der Waals surface area contributed by atoms with Crippen molar-refractivity contribution < 1.29 is 49.3 Å². The molecule has 8 atom stereocenters. The highest BCUT2D eigenvalue weighted by atomic mass is 16.7. The average molecular weight is 1230 g/mol. The van der Waals surface area contributed by atoms with Crippen molar-refractivity contribution in [3.8, 4) is 0 Å². The lowest BCUT2D eigenvalue weighted by molar-refractivity contribution is -0.305. The van der Waals surface area contributed by atoms with Gasteiger partial charge in [0.15, 0.2) is 12.4 Å². The molecule has 6 N–H and O–H groups in total. The fourth-order valence-electron chi connectivity index (χ4n) is 12.1. The Balaban J connectivity index is 2.54. The average Bonchev–Trinajstić information content (AvgIpc) is 1.52. The summed E-state index contributed by atoms with van der Waals surface area (Å²) in [6.45, 7) is 5.85. The predicted octanol–water partition coefficient (Wildman–Crippen LogP) is 19.7. The minimum atomic E-state index is -1.61. The molecule has 0 radical (unpaired) electrons. The molecule has 512 valence electrons. The van der Waals surface area contributed by atoms with Gasteiger partial charge in [0.25, 0.3) is 0 Å². The number of aliphatic hydroxyl groups is 5. The van der Waals surface area contributed by atoms with E-state index in [2.05, 4.69) is 50.4 Å². The van der Waals surface area contributed by atoms with Gasteiger partial charge in [-0.1, -0.05) is 327 Å². The van der Waals surface area contributed by atoms with Gasteiger partial charge in [0, 0.05) is 6.42 Å². The van der Waals surface area contributed by atoms with Crippen LogP contribution in [-0.2, 0) is 23.8 Å². The summed E-state index contributed by atoms with van der Waals surface area (Å²) in [4.78, 5) is 26.7. The van der Waals surface area contributed by atoms with Crippen LogP contribution in [0.15, 0.2) is 36.5 Å². The van der Waals surface area contributed by atoms with E-state index in [1.165, 1.54) is 270 Å². The number of esters is 1. The highest BCUT2D eigenvalue weighted by Gasteiger charge is 2.47. The van der Waals surface area contributed by atoms with Gasteiger partial charge in [0.2, 0.25) is 5.91 Å². The van der Waals surface area contributed by atoms with Crippen molar-refractivity contribution in [2.75, 3.05) is 13.2 Å². The van der Waals surface area contributed by atoms with Gasteiger partial charge >= 0.3 is 5.97 Å². The number of ether oxygens (including phenoxy) is 3. The smallest absolute Gasteiger partial charge is 0.306 e. The summed E-state index contributed by atoms with van der Waals surface area (Å²) in [6, 6.07) is -1.02. The lowest BCUT2D eigenvalue weighted by Crippen LogP contribution is -2.61. The van der Waals surface area contributed by atoms with Gasteiger partial charge < -0.3 is 45.1 Å². The standard InChI is InChI=1S/C76H143NO10/c1-4-7-10-13-16-19-22-25-27-29-31-32-33-34-35-36-37-39-40-42-45-48-51-54-57-60-63-69(80)75(84)77-67(68(79)62-59-56-53-50-47-44-24-21-18-15-12-9-6-3)66-85-76-74(73(83)72(82)70(65-78)86-76)87-71(81)64-61-58-55-52-49-46-43-41-38-30-28-26-23-20-17-14-11-8-5-2/h25-28,59,62,67-70,72-74,76,78-80,82-83H,4-24,29-58,60-61,63-66H2,1-3H3,(H,77,84)/b27-25+,28-26+,62-59+. The second-order valence-corrected chi connectivity index (χ2v) is 26.4. The molecule has 87 heavy (non-hydrogen) atoms. The Labute approximate surface area is 536 Å². The molecule has 11 heteroatoms. The van der Waals surface area contributed by atoms with E-state index in [0.29, 0.717) is 19.3 Å². The summed E-state index contributed by atoms with van der Waals surface area (Å²) in [5.41, 5.74) is 0. The van der Waals surface area contributed by atoms with E-state index >= 15 is 0 Å². The third-order valence-electron chi connectivity index (χ3n) is 18.0. The molecule has 0 aromatic heterocycles. The van der Waals surface area contributed by atoms with Gasteiger partial charge in [0.05, 0.1) is 25.4 Å². The number of nitrogens with one attached hydrogen (secondary N) is 1. The van der Waals surface area contributed by atoms with Gasteiger partial charge in [-0.15, -0.1) is 0 Å². The number of allylic oxidation sites excluding steroid dienone is 5. The number of aliphatic hydroxyl groups excluding tert-OH is 5. The second-order valence-electron chi connectivity index (χ2n) is 26.4. The first kappa shape index (κ1) is 82.9. The van der Waals surface area contributed by atoms with Crippen LogP contribution in [-0.4, -0.2) is 99.6 Å². The molecule has 11 nitrogen and oxygen atoms in total. The molecular formula is C76H143NO10. The maximum atomic E-state index is 13.5. The quantitative estimate of drug-likeness (QED) is 0.0195. The molecule has 0 saturated carbocycles. The molecule has 8 unspecified atom stereocenters. The molecule has 1 saturated heterocycles. The second kappa shape index (κ2) is 64.0. The van der Waals surface area contributed by atoms with E-state index in [9.17, 15) is 35.1 Å². The van der Waals surface area contributed by atoms with Crippen LogP contribution >= 0.6 is 0 Å². The van der Waals surface area contributed by atoms with Crippen LogP contribution in [0.1, 0.15) is 374 Å². The summed E-state index contributed by atoms with van der Waals surface area (Å²) in [7, 11) is 0. The van der Waals surface area contributed by atoms with E-state index < -0.39 is 67.4 Å². The third kappa shape index (κ3) is 51.1. The minimum absolute atomic E-state index is 0.125. The van der Waals surface area contributed by atoms with Gasteiger partial charge in [0.1, 0.15) is 24.4 Å². The lowest BCUT2D eigenvalue weighted by Gasteiger charge is -2.41. The van der Waals surface area contributed by atoms with Crippen LogP contribution in [0, 0.1) is 0 Å². The molecule has 0 spiro atoms. The van der Waals surface area contributed by atoms with Gasteiger partial charge in [-0.2, -0.15) is 0 Å². The van der Waals surface area contributed by atoms with Crippen LogP contribution in [0.5, 0.6) is 0 Å². The Morgan fingerprint density at radius 2 is 0.759 bits per heavy atom. The highest BCUT2D eigenvalue weighted by Crippen LogP contribution is 2.27. The molecule has 1 heterocycles. The summed E-state index contributed by atoms with van der Waals surface area (Å²) in [6.07, 6.45) is 69.1. The molecule has 1 fully saturated rings. The Morgan fingerprint density at radius 1 is 0.437 bits per heavy atom. The third-order valence-corrected chi connectivity index (χ3v) is 18.0. The number of rotatable bonds is 66. The molecule has 0 aliphatic carbocycles. The van der Waals surface area contributed by atoms with Crippen molar-refractivity contribution in [2.24, 2.45) is 0 Å². The van der Waals surface area contributed by atoms with E-state index in [1.54, 1.807) is 6.08 Å². The zero-order valence-electron chi connectivity index (χ0n) is 57.2. The summed E-state index contributed by atoms with van der Waals surface area (Å²) < 4.78 is 17.7.